The van der Waals surface area contributed by atoms with Gasteiger partial charge in [-0.3, -0.25) is 4.79 Å². The number of imidazole rings is 1. The van der Waals surface area contributed by atoms with Gasteiger partial charge in [0.05, 0.1) is 17.6 Å². The van der Waals surface area contributed by atoms with Crippen LogP contribution in [0.3, 0.4) is 0 Å². The standard InChI is InChI=1S/C30H34ClN3O2/c1-22-10-8-13-28(23(22)2)36-21-9-20-34-27-12-6-5-11-26(27)33-29(34)14-4-3-7-19-32-30(35)24-15-17-25(31)18-16-24/h5-6,8,10-13,15-18H,3-4,7,9,14,19-21H2,1-2H3,(H,32,35). The second-order valence-electron chi connectivity index (χ2n) is 9.14. The minimum Gasteiger partial charge on any atom is -0.493 e. The number of hydrogen-bond acceptors (Lipinski definition) is 3. The van der Waals surface area contributed by atoms with Crippen LogP contribution < -0.4 is 10.1 Å². The summed E-state index contributed by atoms with van der Waals surface area (Å²) in [6.07, 6.45) is 4.82. The first kappa shape index (κ1) is 25.8. The molecule has 0 spiro atoms. The van der Waals surface area contributed by atoms with Crippen LogP contribution in [0.4, 0.5) is 0 Å². The summed E-state index contributed by atoms with van der Waals surface area (Å²) in [7, 11) is 0. The lowest BCUT2D eigenvalue weighted by atomic mass is 10.1. The lowest BCUT2D eigenvalue weighted by Gasteiger charge is -2.13. The Morgan fingerprint density at radius 1 is 0.944 bits per heavy atom. The Labute approximate surface area is 218 Å². The second-order valence-corrected chi connectivity index (χ2v) is 9.58. The Morgan fingerprint density at radius 3 is 2.58 bits per heavy atom. The van der Waals surface area contributed by atoms with Gasteiger partial charge in [-0.05, 0) is 86.7 Å². The Kier molecular flexibility index (Phi) is 9.01. The number of carbonyl (C=O) groups is 1. The molecule has 6 heteroatoms. The largest absolute Gasteiger partial charge is 0.493 e. The molecule has 5 nitrogen and oxygen atoms in total. The van der Waals surface area contributed by atoms with Crippen molar-refractivity contribution in [1.29, 1.82) is 0 Å². The van der Waals surface area contributed by atoms with Crippen LogP contribution in [-0.2, 0) is 13.0 Å². The van der Waals surface area contributed by atoms with Gasteiger partial charge in [0, 0.05) is 30.1 Å². The molecule has 4 aromatic rings. The zero-order valence-electron chi connectivity index (χ0n) is 21.1. The zero-order valence-corrected chi connectivity index (χ0v) is 21.9. The van der Waals surface area contributed by atoms with Crippen molar-refractivity contribution in [3.05, 3.63) is 94.3 Å². The van der Waals surface area contributed by atoms with Crippen molar-refractivity contribution in [2.75, 3.05) is 13.2 Å². The van der Waals surface area contributed by atoms with Crippen molar-refractivity contribution in [3.63, 3.8) is 0 Å². The van der Waals surface area contributed by atoms with Crippen molar-refractivity contribution in [3.8, 4) is 5.75 Å². The highest BCUT2D eigenvalue weighted by Crippen LogP contribution is 2.22. The summed E-state index contributed by atoms with van der Waals surface area (Å²) < 4.78 is 8.41. The first-order valence-corrected chi connectivity index (χ1v) is 13.1. The van der Waals surface area contributed by atoms with Gasteiger partial charge in [0.1, 0.15) is 11.6 Å². The molecule has 0 fully saturated rings. The maximum atomic E-state index is 12.2. The van der Waals surface area contributed by atoms with Crippen LogP contribution in [0.5, 0.6) is 5.75 Å². The van der Waals surface area contributed by atoms with Gasteiger partial charge in [-0.1, -0.05) is 42.3 Å². The van der Waals surface area contributed by atoms with Crippen LogP contribution in [0.25, 0.3) is 11.0 Å². The fourth-order valence-electron chi connectivity index (χ4n) is 4.34. The Morgan fingerprint density at radius 2 is 1.75 bits per heavy atom. The average molecular weight is 504 g/mol. The summed E-state index contributed by atoms with van der Waals surface area (Å²) in [5, 5.41) is 3.62. The van der Waals surface area contributed by atoms with Crippen molar-refractivity contribution in [2.24, 2.45) is 0 Å². The van der Waals surface area contributed by atoms with E-state index in [0.29, 0.717) is 23.7 Å². The highest BCUT2D eigenvalue weighted by Gasteiger charge is 2.11. The molecule has 0 saturated carbocycles. The summed E-state index contributed by atoms with van der Waals surface area (Å²) in [6.45, 7) is 6.42. The van der Waals surface area contributed by atoms with E-state index in [9.17, 15) is 4.79 Å². The molecular weight excluding hydrogens is 470 g/mol. The van der Waals surface area contributed by atoms with E-state index in [-0.39, 0.29) is 5.91 Å². The fourth-order valence-corrected chi connectivity index (χ4v) is 4.47. The van der Waals surface area contributed by atoms with Crippen molar-refractivity contribution >= 4 is 28.5 Å². The van der Waals surface area contributed by atoms with Crippen LogP contribution >= 0.6 is 11.6 Å². The molecule has 188 valence electrons. The van der Waals surface area contributed by atoms with Gasteiger partial charge in [0.25, 0.3) is 5.91 Å². The molecule has 0 saturated heterocycles. The van der Waals surface area contributed by atoms with Crippen LogP contribution in [0.2, 0.25) is 5.02 Å². The number of nitrogens with one attached hydrogen (secondary N) is 1. The van der Waals surface area contributed by atoms with Gasteiger partial charge < -0.3 is 14.6 Å². The lowest BCUT2D eigenvalue weighted by Crippen LogP contribution is -2.24. The molecule has 1 N–H and O–H groups in total. The normalized spacial score (nSPS) is 11.1. The van der Waals surface area contributed by atoms with Crippen molar-refractivity contribution in [2.45, 2.75) is 52.5 Å². The SMILES string of the molecule is Cc1cccc(OCCCn2c(CCCCCNC(=O)c3ccc(Cl)cc3)nc3ccccc32)c1C. The molecule has 1 amide bonds. The molecule has 3 aromatic carbocycles. The topological polar surface area (TPSA) is 56.1 Å². The number of nitrogens with zero attached hydrogens (tertiary/aromatic N) is 2. The zero-order chi connectivity index (χ0) is 25.3. The molecule has 0 aliphatic rings. The summed E-state index contributed by atoms with van der Waals surface area (Å²) in [5.41, 5.74) is 5.30. The predicted octanol–water partition coefficient (Wildman–Crippen LogP) is 6.92. The Bertz CT molecular complexity index is 1300. The van der Waals surface area contributed by atoms with Crippen LogP contribution in [0.1, 0.15) is 53.0 Å². The molecule has 1 aromatic heterocycles. The molecular formula is C30H34ClN3O2. The van der Waals surface area contributed by atoms with Crippen molar-refractivity contribution < 1.29 is 9.53 Å². The second kappa shape index (κ2) is 12.6. The number of rotatable bonds is 12. The summed E-state index contributed by atoms with van der Waals surface area (Å²) in [4.78, 5) is 17.1. The van der Waals surface area contributed by atoms with Crippen LogP contribution in [0.15, 0.2) is 66.7 Å². The maximum absolute atomic E-state index is 12.2. The lowest BCUT2D eigenvalue weighted by molar-refractivity contribution is 0.0953. The van der Waals surface area contributed by atoms with Gasteiger partial charge in [0.15, 0.2) is 0 Å². The average Bonchev–Trinajstić information content (AvgIpc) is 3.24. The van der Waals surface area contributed by atoms with E-state index >= 15 is 0 Å². The predicted molar refractivity (Wildman–Crippen MR) is 147 cm³/mol. The number of carbonyl (C=O) groups excluding carboxylic acids is 1. The number of halogens is 1. The summed E-state index contributed by atoms with van der Waals surface area (Å²) >= 11 is 5.89. The number of hydrogen-bond donors (Lipinski definition) is 1. The highest BCUT2D eigenvalue weighted by atomic mass is 35.5. The highest BCUT2D eigenvalue weighted by molar-refractivity contribution is 6.30. The van der Waals surface area contributed by atoms with Gasteiger partial charge >= 0.3 is 0 Å². The molecule has 0 unspecified atom stereocenters. The monoisotopic (exact) mass is 503 g/mol. The smallest absolute Gasteiger partial charge is 0.251 e. The van der Waals surface area contributed by atoms with Gasteiger partial charge in [-0.25, -0.2) is 4.98 Å². The van der Waals surface area contributed by atoms with E-state index in [2.05, 4.69) is 48.0 Å². The van der Waals surface area contributed by atoms with Crippen LogP contribution in [-0.4, -0.2) is 28.6 Å². The molecule has 0 radical (unpaired) electrons. The van der Waals surface area contributed by atoms with Crippen LogP contribution in [0, 0.1) is 13.8 Å². The first-order chi connectivity index (χ1) is 17.5. The third-order valence-corrected chi connectivity index (χ3v) is 6.79. The van der Waals surface area contributed by atoms with E-state index in [0.717, 1.165) is 55.7 Å². The molecule has 0 atom stereocenters. The Hall–Kier alpha value is -3.31. The summed E-state index contributed by atoms with van der Waals surface area (Å²) in [5.74, 6) is 2.03. The first-order valence-electron chi connectivity index (χ1n) is 12.7. The fraction of sp³-hybridized carbons (Fsp3) is 0.333. The number of unbranched alkanes of at least 4 members (excludes halogenated alkanes) is 2. The van der Waals surface area contributed by atoms with E-state index in [1.165, 1.54) is 16.6 Å². The minimum atomic E-state index is -0.0588. The molecule has 4 rings (SSSR count). The van der Waals surface area contributed by atoms with E-state index in [4.69, 9.17) is 21.3 Å². The minimum absolute atomic E-state index is 0.0588. The van der Waals surface area contributed by atoms with Gasteiger partial charge in [-0.15, -0.1) is 0 Å². The van der Waals surface area contributed by atoms with Crippen molar-refractivity contribution in [1.82, 2.24) is 14.9 Å². The molecule has 0 bridgehead atoms. The number of para-hydroxylation sites is 2. The Balaban J connectivity index is 1.25. The summed E-state index contributed by atoms with van der Waals surface area (Å²) in [6, 6.07) is 21.5. The van der Waals surface area contributed by atoms with E-state index < -0.39 is 0 Å². The van der Waals surface area contributed by atoms with E-state index in [1.54, 1.807) is 24.3 Å². The molecule has 0 aliphatic heterocycles. The number of fused-ring (bicyclic) bond motifs is 1. The maximum Gasteiger partial charge on any atom is 0.251 e. The molecule has 0 aliphatic carbocycles. The number of ether oxygens (including phenoxy) is 1. The number of amides is 1. The number of aryl methyl sites for hydroxylation is 3. The number of aromatic nitrogens is 2. The number of benzene rings is 3. The molecule has 1 heterocycles. The van der Waals surface area contributed by atoms with Gasteiger partial charge in [0.2, 0.25) is 0 Å². The molecule has 36 heavy (non-hydrogen) atoms. The third kappa shape index (κ3) is 6.67. The van der Waals surface area contributed by atoms with Gasteiger partial charge in [-0.2, -0.15) is 0 Å². The van der Waals surface area contributed by atoms with E-state index in [1.807, 2.05) is 18.2 Å². The quantitative estimate of drug-likeness (QED) is 0.213. The third-order valence-electron chi connectivity index (χ3n) is 6.54.